The van der Waals surface area contributed by atoms with Gasteiger partial charge in [-0.3, -0.25) is 0 Å². The van der Waals surface area contributed by atoms with Crippen LogP contribution in [0.15, 0.2) is 42.9 Å². The molecule has 94 valence electrons. The first-order valence-electron chi connectivity index (χ1n) is 5.88. The number of hydrogen-bond donors (Lipinski definition) is 0. The van der Waals surface area contributed by atoms with Gasteiger partial charge < -0.3 is 9.47 Å². The summed E-state index contributed by atoms with van der Waals surface area (Å²) < 4.78 is 11.2. The number of benzene rings is 1. The van der Waals surface area contributed by atoms with E-state index in [9.17, 15) is 0 Å². The molecule has 2 rings (SSSR count). The van der Waals surface area contributed by atoms with Crippen molar-refractivity contribution in [2.45, 2.75) is 26.6 Å². The molecule has 0 atom stereocenters. The molecule has 0 aliphatic rings. The summed E-state index contributed by atoms with van der Waals surface area (Å²) in [6, 6.07) is 9.43. The minimum absolute atomic E-state index is 0.155. The van der Waals surface area contributed by atoms with E-state index in [1.165, 1.54) is 6.33 Å². The fourth-order valence-corrected chi connectivity index (χ4v) is 1.47. The maximum atomic E-state index is 5.64. The molecule has 0 aliphatic carbocycles. The minimum atomic E-state index is 0.155. The summed E-state index contributed by atoms with van der Waals surface area (Å²) in [7, 11) is 0. The highest BCUT2D eigenvalue weighted by Gasteiger charge is 2.01. The normalized spacial score (nSPS) is 10.4. The SMILES string of the molecule is CC(C)Oc1cccc(OCc2ccncn2)c1. The molecule has 1 aromatic carbocycles. The summed E-state index contributed by atoms with van der Waals surface area (Å²) in [5.41, 5.74) is 0.847. The highest BCUT2D eigenvalue weighted by atomic mass is 16.5. The van der Waals surface area contributed by atoms with Crippen molar-refractivity contribution in [2.75, 3.05) is 0 Å². The third kappa shape index (κ3) is 3.73. The summed E-state index contributed by atoms with van der Waals surface area (Å²) in [6.45, 7) is 4.41. The van der Waals surface area contributed by atoms with Crippen LogP contribution in [0.25, 0.3) is 0 Å². The predicted molar refractivity (Wildman–Crippen MR) is 68.6 cm³/mol. The van der Waals surface area contributed by atoms with Gasteiger partial charge in [0.2, 0.25) is 0 Å². The maximum Gasteiger partial charge on any atom is 0.130 e. The van der Waals surface area contributed by atoms with Gasteiger partial charge in [-0.15, -0.1) is 0 Å². The molecule has 0 unspecified atom stereocenters. The Morgan fingerprint density at radius 3 is 2.72 bits per heavy atom. The van der Waals surface area contributed by atoms with Gasteiger partial charge in [-0.2, -0.15) is 0 Å². The molecule has 0 N–H and O–H groups in total. The van der Waals surface area contributed by atoms with E-state index >= 15 is 0 Å². The van der Waals surface area contributed by atoms with Gasteiger partial charge in [0.15, 0.2) is 0 Å². The second kappa shape index (κ2) is 6.00. The van der Waals surface area contributed by atoms with Crippen molar-refractivity contribution in [2.24, 2.45) is 0 Å². The van der Waals surface area contributed by atoms with E-state index in [1.807, 2.05) is 44.2 Å². The molecule has 0 bridgehead atoms. The lowest BCUT2D eigenvalue weighted by molar-refractivity contribution is 0.239. The highest BCUT2D eigenvalue weighted by molar-refractivity contribution is 5.33. The molecule has 0 aliphatic heterocycles. The molecular formula is C14H16N2O2. The van der Waals surface area contributed by atoms with Crippen LogP contribution in [0.5, 0.6) is 11.5 Å². The molecule has 0 radical (unpaired) electrons. The molecule has 1 heterocycles. The van der Waals surface area contributed by atoms with Crippen LogP contribution in [0.2, 0.25) is 0 Å². The van der Waals surface area contributed by atoms with Gasteiger partial charge in [-0.1, -0.05) is 6.07 Å². The predicted octanol–water partition coefficient (Wildman–Crippen LogP) is 2.84. The standard InChI is InChI=1S/C14H16N2O2/c1-11(2)18-14-5-3-4-13(8-14)17-9-12-6-7-15-10-16-12/h3-8,10-11H,9H2,1-2H3. The first-order chi connectivity index (χ1) is 8.74. The van der Waals surface area contributed by atoms with Gasteiger partial charge in [0, 0.05) is 12.3 Å². The average molecular weight is 244 g/mol. The van der Waals surface area contributed by atoms with Crippen LogP contribution in [0, 0.1) is 0 Å². The fourth-order valence-electron chi connectivity index (χ4n) is 1.47. The van der Waals surface area contributed by atoms with E-state index in [1.54, 1.807) is 6.20 Å². The molecule has 0 fully saturated rings. The van der Waals surface area contributed by atoms with Crippen molar-refractivity contribution in [1.29, 1.82) is 0 Å². The highest BCUT2D eigenvalue weighted by Crippen LogP contribution is 2.21. The first-order valence-corrected chi connectivity index (χ1v) is 5.88. The van der Waals surface area contributed by atoms with Crippen LogP contribution in [0.1, 0.15) is 19.5 Å². The molecule has 4 heteroatoms. The van der Waals surface area contributed by atoms with Gasteiger partial charge in [-0.25, -0.2) is 9.97 Å². The number of ether oxygens (including phenoxy) is 2. The van der Waals surface area contributed by atoms with Crippen molar-refractivity contribution < 1.29 is 9.47 Å². The zero-order valence-electron chi connectivity index (χ0n) is 10.5. The number of nitrogens with zero attached hydrogens (tertiary/aromatic N) is 2. The molecule has 0 saturated heterocycles. The molecule has 1 aromatic heterocycles. The quantitative estimate of drug-likeness (QED) is 0.811. The van der Waals surface area contributed by atoms with Crippen molar-refractivity contribution >= 4 is 0 Å². The second-order valence-electron chi connectivity index (χ2n) is 4.13. The fraction of sp³-hybridized carbons (Fsp3) is 0.286. The zero-order chi connectivity index (χ0) is 12.8. The molecule has 4 nitrogen and oxygen atoms in total. The number of hydrogen-bond acceptors (Lipinski definition) is 4. The van der Waals surface area contributed by atoms with E-state index in [0.717, 1.165) is 17.2 Å². The summed E-state index contributed by atoms with van der Waals surface area (Å²) in [6.07, 6.45) is 3.36. The van der Waals surface area contributed by atoms with E-state index in [0.29, 0.717) is 6.61 Å². The molecule has 2 aromatic rings. The van der Waals surface area contributed by atoms with Crippen LogP contribution in [0.4, 0.5) is 0 Å². The van der Waals surface area contributed by atoms with Crippen LogP contribution in [-0.4, -0.2) is 16.1 Å². The Bertz CT molecular complexity index is 486. The third-order valence-corrected chi connectivity index (χ3v) is 2.21. The van der Waals surface area contributed by atoms with Crippen LogP contribution in [-0.2, 0) is 6.61 Å². The number of aromatic nitrogens is 2. The van der Waals surface area contributed by atoms with Crippen LogP contribution >= 0.6 is 0 Å². The minimum Gasteiger partial charge on any atom is -0.491 e. The summed E-state index contributed by atoms with van der Waals surface area (Å²) in [5, 5.41) is 0. The Labute approximate surface area is 107 Å². The van der Waals surface area contributed by atoms with E-state index in [2.05, 4.69) is 9.97 Å². The Morgan fingerprint density at radius 2 is 2.00 bits per heavy atom. The molecule has 0 amide bonds. The van der Waals surface area contributed by atoms with Crippen molar-refractivity contribution in [3.05, 3.63) is 48.5 Å². The van der Waals surface area contributed by atoms with Gasteiger partial charge >= 0.3 is 0 Å². The van der Waals surface area contributed by atoms with Gasteiger partial charge in [0.05, 0.1) is 11.8 Å². The van der Waals surface area contributed by atoms with Gasteiger partial charge in [0.25, 0.3) is 0 Å². The number of rotatable bonds is 5. The lowest BCUT2D eigenvalue weighted by Gasteiger charge is -2.11. The molecule has 0 saturated carbocycles. The second-order valence-corrected chi connectivity index (χ2v) is 4.13. The zero-order valence-corrected chi connectivity index (χ0v) is 10.5. The Morgan fingerprint density at radius 1 is 1.17 bits per heavy atom. The van der Waals surface area contributed by atoms with Crippen LogP contribution in [0.3, 0.4) is 0 Å². The van der Waals surface area contributed by atoms with E-state index in [-0.39, 0.29) is 6.10 Å². The first kappa shape index (κ1) is 12.4. The molecule has 0 spiro atoms. The topological polar surface area (TPSA) is 44.2 Å². The van der Waals surface area contributed by atoms with E-state index in [4.69, 9.17) is 9.47 Å². The van der Waals surface area contributed by atoms with Gasteiger partial charge in [0.1, 0.15) is 24.4 Å². The summed E-state index contributed by atoms with van der Waals surface area (Å²) in [5.74, 6) is 1.58. The lowest BCUT2D eigenvalue weighted by atomic mass is 10.3. The monoisotopic (exact) mass is 244 g/mol. The van der Waals surface area contributed by atoms with Gasteiger partial charge in [-0.05, 0) is 32.0 Å². The lowest BCUT2D eigenvalue weighted by Crippen LogP contribution is -2.05. The Balaban J connectivity index is 1.97. The van der Waals surface area contributed by atoms with Crippen molar-refractivity contribution in [3.8, 4) is 11.5 Å². The Kier molecular flexibility index (Phi) is 4.12. The average Bonchev–Trinajstić information content (AvgIpc) is 2.37. The van der Waals surface area contributed by atoms with Crippen LogP contribution < -0.4 is 9.47 Å². The largest absolute Gasteiger partial charge is 0.491 e. The maximum absolute atomic E-state index is 5.64. The Hall–Kier alpha value is -2.10. The third-order valence-electron chi connectivity index (χ3n) is 2.21. The summed E-state index contributed by atoms with van der Waals surface area (Å²) in [4.78, 5) is 7.96. The smallest absolute Gasteiger partial charge is 0.130 e. The van der Waals surface area contributed by atoms with E-state index < -0.39 is 0 Å². The summed E-state index contributed by atoms with van der Waals surface area (Å²) >= 11 is 0. The molecule has 18 heavy (non-hydrogen) atoms. The van der Waals surface area contributed by atoms with Crippen molar-refractivity contribution in [1.82, 2.24) is 9.97 Å². The van der Waals surface area contributed by atoms with Crippen molar-refractivity contribution in [3.63, 3.8) is 0 Å². The molecular weight excluding hydrogens is 228 g/mol.